The van der Waals surface area contributed by atoms with Gasteiger partial charge in [-0.15, -0.1) is 0 Å². The predicted molar refractivity (Wildman–Crippen MR) is 76.2 cm³/mol. The van der Waals surface area contributed by atoms with Gasteiger partial charge in [-0.25, -0.2) is 0 Å². The van der Waals surface area contributed by atoms with Crippen molar-refractivity contribution >= 4 is 10.2 Å². The van der Waals surface area contributed by atoms with Crippen molar-refractivity contribution in [2.75, 3.05) is 39.9 Å². The Labute approximate surface area is 117 Å². The molecule has 114 valence electrons. The van der Waals surface area contributed by atoms with E-state index in [0.29, 0.717) is 38.2 Å². The number of nitrogens with one attached hydrogen (secondary N) is 2. The maximum absolute atomic E-state index is 12.1. The molecule has 0 aromatic heterocycles. The summed E-state index contributed by atoms with van der Waals surface area (Å²) in [5.41, 5.74) is 0. The first-order valence-electron chi connectivity index (χ1n) is 6.92. The van der Waals surface area contributed by atoms with Crippen molar-refractivity contribution in [1.82, 2.24) is 14.3 Å². The molecule has 2 N–H and O–H groups in total. The van der Waals surface area contributed by atoms with Gasteiger partial charge in [0.15, 0.2) is 0 Å². The molecule has 1 unspecified atom stereocenters. The average molecular weight is 293 g/mol. The Bertz CT molecular complexity index is 346. The van der Waals surface area contributed by atoms with Crippen molar-refractivity contribution in [3.63, 3.8) is 0 Å². The molecule has 0 aromatic carbocycles. The molecule has 7 heteroatoms. The molecule has 1 aliphatic rings. The number of nitrogens with zero attached hydrogens (tertiary/aromatic N) is 1. The van der Waals surface area contributed by atoms with Gasteiger partial charge in [0.1, 0.15) is 0 Å². The molecule has 1 atom stereocenters. The summed E-state index contributed by atoms with van der Waals surface area (Å²) in [5.74, 6) is 0.398. The van der Waals surface area contributed by atoms with Crippen LogP contribution in [0.1, 0.15) is 26.7 Å². The van der Waals surface area contributed by atoms with E-state index in [4.69, 9.17) is 4.74 Å². The molecule has 0 aliphatic carbocycles. The molecule has 0 radical (unpaired) electrons. The van der Waals surface area contributed by atoms with Crippen molar-refractivity contribution in [2.24, 2.45) is 5.92 Å². The van der Waals surface area contributed by atoms with Crippen molar-refractivity contribution in [1.29, 1.82) is 0 Å². The quantitative estimate of drug-likeness (QED) is 0.626. The molecule has 0 saturated carbocycles. The lowest BCUT2D eigenvalue weighted by atomic mass is 9.99. The zero-order chi connectivity index (χ0) is 14.3. The fourth-order valence-corrected chi connectivity index (χ4v) is 3.48. The second-order valence-corrected chi connectivity index (χ2v) is 7.08. The molecule has 1 heterocycles. The zero-order valence-corrected chi connectivity index (χ0v) is 13.0. The first-order chi connectivity index (χ1) is 8.95. The molecular weight excluding hydrogens is 266 g/mol. The van der Waals surface area contributed by atoms with Crippen LogP contribution in [0.2, 0.25) is 0 Å². The number of hydrogen-bond acceptors (Lipinski definition) is 4. The minimum atomic E-state index is -3.35. The molecule has 19 heavy (non-hydrogen) atoms. The van der Waals surface area contributed by atoms with E-state index < -0.39 is 10.2 Å². The minimum Gasteiger partial charge on any atom is -0.383 e. The topological polar surface area (TPSA) is 70.7 Å². The van der Waals surface area contributed by atoms with Crippen LogP contribution in [0, 0.1) is 5.92 Å². The molecule has 0 amide bonds. The Morgan fingerprint density at radius 1 is 1.42 bits per heavy atom. The lowest BCUT2D eigenvalue weighted by Gasteiger charge is -2.32. The summed E-state index contributed by atoms with van der Waals surface area (Å²) in [4.78, 5) is 0. The largest absolute Gasteiger partial charge is 0.383 e. The number of rotatable bonds is 8. The molecule has 1 saturated heterocycles. The van der Waals surface area contributed by atoms with Crippen LogP contribution in [0.15, 0.2) is 0 Å². The van der Waals surface area contributed by atoms with E-state index >= 15 is 0 Å². The predicted octanol–water partition coefficient (Wildman–Crippen LogP) is 0.177. The van der Waals surface area contributed by atoms with Crippen LogP contribution in [0.3, 0.4) is 0 Å². The SMILES string of the molecule is COCCNS(=O)(=O)N1CCCC(CNC(C)C)C1. The number of hydrogen-bond donors (Lipinski definition) is 2. The van der Waals surface area contributed by atoms with Gasteiger partial charge in [0.05, 0.1) is 6.61 Å². The van der Waals surface area contributed by atoms with Crippen molar-refractivity contribution in [3.05, 3.63) is 0 Å². The molecule has 6 nitrogen and oxygen atoms in total. The molecule has 1 aliphatic heterocycles. The summed E-state index contributed by atoms with van der Waals surface area (Å²) in [6.45, 7) is 7.01. The third-order valence-electron chi connectivity index (χ3n) is 3.23. The van der Waals surface area contributed by atoms with E-state index in [1.165, 1.54) is 0 Å². The van der Waals surface area contributed by atoms with Gasteiger partial charge in [0, 0.05) is 32.8 Å². The van der Waals surface area contributed by atoms with Gasteiger partial charge < -0.3 is 10.1 Å². The van der Waals surface area contributed by atoms with E-state index in [-0.39, 0.29) is 0 Å². The normalized spacial score (nSPS) is 22.0. The minimum absolute atomic E-state index is 0.324. The standard InChI is InChI=1S/C12H27N3O3S/c1-11(2)13-9-12-5-4-7-15(10-12)19(16,17)14-6-8-18-3/h11-14H,4-10H2,1-3H3. The van der Waals surface area contributed by atoms with Crippen LogP contribution in [0.25, 0.3) is 0 Å². The van der Waals surface area contributed by atoms with E-state index in [1.807, 2.05) is 0 Å². The first kappa shape index (κ1) is 16.8. The molecule has 1 rings (SSSR count). The highest BCUT2D eigenvalue weighted by Crippen LogP contribution is 2.18. The molecule has 0 spiro atoms. The van der Waals surface area contributed by atoms with E-state index in [1.54, 1.807) is 11.4 Å². The smallest absolute Gasteiger partial charge is 0.279 e. The van der Waals surface area contributed by atoms with Gasteiger partial charge in [-0.3, -0.25) is 0 Å². The maximum atomic E-state index is 12.1. The summed E-state index contributed by atoms with van der Waals surface area (Å²) < 4.78 is 33.1. The summed E-state index contributed by atoms with van der Waals surface area (Å²) in [6, 6.07) is 0.437. The lowest BCUT2D eigenvalue weighted by molar-refractivity contribution is 0.202. The highest BCUT2D eigenvalue weighted by Gasteiger charge is 2.28. The maximum Gasteiger partial charge on any atom is 0.279 e. The third kappa shape index (κ3) is 6.18. The summed E-state index contributed by atoms with van der Waals surface area (Å²) in [7, 11) is -1.79. The number of methoxy groups -OCH3 is 1. The molecule has 0 aromatic rings. The second-order valence-electron chi connectivity index (χ2n) is 5.32. The van der Waals surface area contributed by atoms with Gasteiger partial charge in [0.2, 0.25) is 0 Å². The number of piperidine rings is 1. The van der Waals surface area contributed by atoms with Gasteiger partial charge in [-0.1, -0.05) is 13.8 Å². The van der Waals surface area contributed by atoms with Crippen molar-refractivity contribution in [3.8, 4) is 0 Å². The van der Waals surface area contributed by atoms with Crippen LogP contribution in [-0.2, 0) is 14.9 Å². The molecule has 1 fully saturated rings. The van der Waals surface area contributed by atoms with Gasteiger partial charge in [0.25, 0.3) is 10.2 Å². The Kier molecular flexibility index (Phi) is 7.23. The van der Waals surface area contributed by atoms with Crippen LogP contribution in [0.5, 0.6) is 0 Å². The van der Waals surface area contributed by atoms with Crippen LogP contribution < -0.4 is 10.0 Å². The highest BCUT2D eigenvalue weighted by molar-refractivity contribution is 7.87. The second kappa shape index (κ2) is 8.16. The van der Waals surface area contributed by atoms with Gasteiger partial charge in [-0.05, 0) is 25.3 Å². The Balaban J connectivity index is 2.44. The highest BCUT2D eigenvalue weighted by atomic mass is 32.2. The Morgan fingerprint density at radius 2 is 2.16 bits per heavy atom. The number of ether oxygens (including phenoxy) is 1. The Hall–Kier alpha value is -0.210. The van der Waals surface area contributed by atoms with Crippen LogP contribution in [0.4, 0.5) is 0 Å². The van der Waals surface area contributed by atoms with Crippen LogP contribution >= 0.6 is 0 Å². The third-order valence-corrected chi connectivity index (χ3v) is 4.81. The van der Waals surface area contributed by atoms with E-state index in [0.717, 1.165) is 19.4 Å². The summed E-state index contributed by atoms with van der Waals surface area (Å²) in [5, 5.41) is 3.38. The average Bonchev–Trinajstić information content (AvgIpc) is 2.37. The van der Waals surface area contributed by atoms with Crippen molar-refractivity contribution < 1.29 is 13.2 Å². The molecular formula is C12H27N3O3S. The first-order valence-corrected chi connectivity index (χ1v) is 8.36. The van der Waals surface area contributed by atoms with Gasteiger partial charge in [-0.2, -0.15) is 17.4 Å². The van der Waals surface area contributed by atoms with Crippen LogP contribution in [-0.4, -0.2) is 58.7 Å². The summed E-state index contributed by atoms with van der Waals surface area (Å²) >= 11 is 0. The van der Waals surface area contributed by atoms with Crippen molar-refractivity contribution in [2.45, 2.75) is 32.7 Å². The van der Waals surface area contributed by atoms with Gasteiger partial charge >= 0.3 is 0 Å². The van der Waals surface area contributed by atoms with E-state index in [2.05, 4.69) is 23.9 Å². The fraction of sp³-hybridized carbons (Fsp3) is 1.00. The van der Waals surface area contributed by atoms with E-state index in [9.17, 15) is 8.42 Å². The molecule has 0 bridgehead atoms. The lowest BCUT2D eigenvalue weighted by Crippen LogP contribution is -2.48. The monoisotopic (exact) mass is 293 g/mol. The Morgan fingerprint density at radius 3 is 2.79 bits per heavy atom. The zero-order valence-electron chi connectivity index (χ0n) is 12.2. The fourth-order valence-electron chi connectivity index (χ4n) is 2.18. The summed E-state index contributed by atoms with van der Waals surface area (Å²) in [6.07, 6.45) is 2.01.